The fraction of sp³-hybridized carbons (Fsp3) is 0.417. The molecular formula is C12H15BrO3. The van der Waals surface area contributed by atoms with Crippen molar-refractivity contribution in [2.75, 3.05) is 11.9 Å². The van der Waals surface area contributed by atoms with Crippen molar-refractivity contribution in [3.05, 3.63) is 29.3 Å². The van der Waals surface area contributed by atoms with E-state index >= 15 is 0 Å². The standard InChI is InChI=1S/C12H15BrO3/c1-8-3-4-12(11(5-8)9(2)14)16-7-10(15)6-13/h3-5,10,15H,6-7H2,1-2H3. The van der Waals surface area contributed by atoms with E-state index in [9.17, 15) is 9.90 Å². The molecule has 0 radical (unpaired) electrons. The molecule has 1 aromatic carbocycles. The number of aliphatic hydroxyl groups is 1. The first-order chi connectivity index (χ1) is 7.54. The summed E-state index contributed by atoms with van der Waals surface area (Å²) in [6.45, 7) is 3.60. The first-order valence-electron chi connectivity index (χ1n) is 5.03. The largest absolute Gasteiger partial charge is 0.490 e. The number of ketones is 1. The molecule has 0 aliphatic rings. The predicted octanol–water partition coefficient (Wildman–Crippen LogP) is 2.33. The fourth-order valence-corrected chi connectivity index (χ4v) is 1.46. The van der Waals surface area contributed by atoms with Gasteiger partial charge in [-0.05, 0) is 26.0 Å². The Morgan fingerprint density at radius 1 is 1.56 bits per heavy atom. The number of Topliss-reactive ketones (excluding diaryl/α,β-unsaturated/α-hetero) is 1. The quantitative estimate of drug-likeness (QED) is 0.668. The number of carbonyl (C=O) groups is 1. The van der Waals surface area contributed by atoms with E-state index in [2.05, 4.69) is 15.9 Å². The highest BCUT2D eigenvalue weighted by molar-refractivity contribution is 9.09. The van der Waals surface area contributed by atoms with Gasteiger partial charge in [0.15, 0.2) is 5.78 Å². The summed E-state index contributed by atoms with van der Waals surface area (Å²) in [6, 6.07) is 5.42. The molecule has 0 bridgehead atoms. The SMILES string of the molecule is CC(=O)c1cc(C)ccc1OCC(O)CBr. The van der Waals surface area contributed by atoms with Crippen LogP contribution in [0.4, 0.5) is 0 Å². The lowest BCUT2D eigenvalue weighted by molar-refractivity contribution is 0.0998. The number of aliphatic hydroxyl groups excluding tert-OH is 1. The molecule has 0 aliphatic heterocycles. The van der Waals surface area contributed by atoms with Gasteiger partial charge in [-0.15, -0.1) is 0 Å². The Balaban J connectivity index is 2.82. The van der Waals surface area contributed by atoms with Crippen LogP contribution in [-0.4, -0.2) is 28.9 Å². The zero-order chi connectivity index (χ0) is 12.1. The Kier molecular flexibility index (Phi) is 4.96. The van der Waals surface area contributed by atoms with E-state index in [1.54, 1.807) is 12.1 Å². The van der Waals surface area contributed by atoms with Crippen LogP contribution in [0.25, 0.3) is 0 Å². The van der Waals surface area contributed by atoms with Gasteiger partial charge in [-0.25, -0.2) is 0 Å². The van der Waals surface area contributed by atoms with E-state index in [0.29, 0.717) is 16.6 Å². The van der Waals surface area contributed by atoms with E-state index in [0.717, 1.165) is 5.56 Å². The molecule has 1 rings (SSSR count). The normalized spacial score (nSPS) is 12.2. The summed E-state index contributed by atoms with van der Waals surface area (Å²) in [5.74, 6) is 0.491. The topological polar surface area (TPSA) is 46.5 Å². The van der Waals surface area contributed by atoms with Crippen molar-refractivity contribution in [1.29, 1.82) is 0 Å². The summed E-state index contributed by atoms with van der Waals surface area (Å²) >= 11 is 3.15. The second kappa shape index (κ2) is 6.01. The van der Waals surface area contributed by atoms with Crippen LogP contribution >= 0.6 is 15.9 Å². The number of ether oxygens (including phenoxy) is 1. The molecule has 0 spiro atoms. The van der Waals surface area contributed by atoms with Crippen molar-refractivity contribution in [2.24, 2.45) is 0 Å². The maximum atomic E-state index is 11.4. The number of halogens is 1. The summed E-state index contributed by atoms with van der Waals surface area (Å²) in [6.07, 6.45) is -0.568. The van der Waals surface area contributed by atoms with Crippen molar-refractivity contribution in [3.8, 4) is 5.75 Å². The monoisotopic (exact) mass is 286 g/mol. The molecule has 0 aliphatic carbocycles. The van der Waals surface area contributed by atoms with Gasteiger partial charge in [-0.3, -0.25) is 4.79 Å². The summed E-state index contributed by atoms with van der Waals surface area (Å²) in [7, 11) is 0. The molecule has 1 aromatic rings. The summed E-state index contributed by atoms with van der Waals surface area (Å²) in [5, 5.41) is 9.80. The number of hydrogen-bond donors (Lipinski definition) is 1. The fourth-order valence-electron chi connectivity index (χ4n) is 1.28. The highest BCUT2D eigenvalue weighted by atomic mass is 79.9. The average molecular weight is 287 g/mol. The lowest BCUT2D eigenvalue weighted by Crippen LogP contribution is -2.19. The van der Waals surface area contributed by atoms with Crippen molar-refractivity contribution >= 4 is 21.7 Å². The number of aryl methyl sites for hydroxylation is 1. The summed E-state index contributed by atoms with van der Waals surface area (Å²) in [5.41, 5.74) is 1.57. The maximum Gasteiger partial charge on any atom is 0.163 e. The van der Waals surface area contributed by atoms with Crippen LogP contribution in [0.15, 0.2) is 18.2 Å². The van der Waals surface area contributed by atoms with Gasteiger partial charge in [0.05, 0.1) is 11.7 Å². The lowest BCUT2D eigenvalue weighted by atomic mass is 10.1. The third-order valence-electron chi connectivity index (χ3n) is 2.12. The van der Waals surface area contributed by atoms with Gasteiger partial charge in [0, 0.05) is 5.33 Å². The van der Waals surface area contributed by atoms with Gasteiger partial charge in [0.2, 0.25) is 0 Å². The minimum Gasteiger partial charge on any atom is -0.490 e. The molecule has 88 valence electrons. The highest BCUT2D eigenvalue weighted by Crippen LogP contribution is 2.20. The minimum atomic E-state index is -0.568. The number of benzene rings is 1. The first-order valence-corrected chi connectivity index (χ1v) is 6.15. The van der Waals surface area contributed by atoms with Crippen LogP contribution < -0.4 is 4.74 Å². The van der Waals surface area contributed by atoms with E-state index < -0.39 is 6.10 Å². The van der Waals surface area contributed by atoms with Crippen LogP contribution in [0.5, 0.6) is 5.75 Å². The van der Waals surface area contributed by atoms with Gasteiger partial charge in [-0.2, -0.15) is 0 Å². The zero-order valence-electron chi connectivity index (χ0n) is 9.37. The van der Waals surface area contributed by atoms with Gasteiger partial charge >= 0.3 is 0 Å². The average Bonchev–Trinajstić information content (AvgIpc) is 2.26. The van der Waals surface area contributed by atoms with Crippen LogP contribution in [0.1, 0.15) is 22.8 Å². The second-order valence-corrected chi connectivity index (χ2v) is 4.32. The molecular weight excluding hydrogens is 272 g/mol. The second-order valence-electron chi connectivity index (χ2n) is 3.67. The molecule has 0 saturated heterocycles. The molecule has 1 unspecified atom stereocenters. The van der Waals surface area contributed by atoms with Gasteiger partial charge in [-0.1, -0.05) is 27.6 Å². The van der Waals surface area contributed by atoms with Gasteiger partial charge in [0.1, 0.15) is 12.4 Å². The lowest BCUT2D eigenvalue weighted by Gasteiger charge is -2.12. The number of hydrogen-bond acceptors (Lipinski definition) is 3. The molecule has 1 atom stereocenters. The number of carbonyl (C=O) groups excluding carboxylic acids is 1. The van der Waals surface area contributed by atoms with Crippen molar-refractivity contribution in [1.82, 2.24) is 0 Å². The van der Waals surface area contributed by atoms with Gasteiger partial charge in [0.25, 0.3) is 0 Å². The summed E-state index contributed by atoms with van der Waals surface area (Å²) in [4.78, 5) is 11.4. The van der Waals surface area contributed by atoms with Crippen LogP contribution in [-0.2, 0) is 0 Å². The molecule has 0 amide bonds. The van der Waals surface area contributed by atoms with Crippen LogP contribution in [0.2, 0.25) is 0 Å². The molecule has 3 nitrogen and oxygen atoms in total. The molecule has 1 N–H and O–H groups in total. The Hall–Kier alpha value is -0.870. The first kappa shape index (κ1) is 13.2. The summed E-state index contributed by atoms with van der Waals surface area (Å²) < 4.78 is 5.41. The zero-order valence-corrected chi connectivity index (χ0v) is 11.0. The molecule has 0 heterocycles. The molecule has 4 heteroatoms. The third kappa shape index (κ3) is 3.61. The Labute approximate surface area is 104 Å². The minimum absolute atomic E-state index is 0.0352. The molecule has 0 saturated carbocycles. The van der Waals surface area contributed by atoms with Crippen molar-refractivity contribution in [2.45, 2.75) is 20.0 Å². The van der Waals surface area contributed by atoms with Gasteiger partial charge < -0.3 is 9.84 Å². The van der Waals surface area contributed by atoms with Crippen LogP contribution in [0, 0.1) is 6.92 Å². The van der Waals surface area contributed by atoms with E-state index in [-0.39, 0.29) is 12.4 Å². The number of alkyl halides is 1. The smallest absolute Gasteiger partial charge is 0.163 e. The van der Waals surface area contributed by atoms with E-state index in [4.69, 9.17) is 4.74 Å². The Morgan fingerprint density at radius 2 is 2.25 bits per heavy atom. The predicted molar refractivity (Wildman–Crippen MR) is 66.5 cm³/mol. The van der Waals surface area contributed by atoms with Crippen LogP contribution in [0.3, 0.4) is 0 Å². The third-order valence-corrected chi connectivity index (χ3v) is 2.87. The number of rotatable bonds is 5. The molecule has 0 fully saturated rings. The molecule has 0 aromatic heterocycles. The highest BCUT2D eigenvalue weighted by Gasteiger charge is 2.10. The Bertz CT molecular complexity index is 377. The van der Waals surface area contributed by atoms with Crippen molar-refractivity contribution in [3.63, 3.8) is 0 Å². The van der Waals surface area contributed by atoms with E-state index in [1.165, 1.54) is 6.92 Å². The molecule has 16 heavy (non-hydrogen) atoms. The maximum absolute atomic E-state index is 11.4. The Morgan fingerprint density at radius 3 is 2.81 bits per heavy atom. The van der Waals surface area contributed by atoms with E-state index in [1.807, 2.05) is 13.0 Å². The van der Waals surface area contributed by atoms with Crippen molar-refractivity contribution < 1.29 is 14.6 Å².